The third kappa shape index (κ3) is 2.64. The van der Waals surface area contributed by atoms with Crippen molar-refractivity contribution in [1.29, 1.82) is 0 Å². The summed E-state index contributed by atoms with van der Waals surface area (Å²) in [5, 5.41) is 0. The van der Waals surface area contributed by atoms with Crippen LogP contribution in [0.3, 0.4) is 0 Å². The number of nitrogens with two attached hydrogens (primary N) is 1. The van der Waals surface area contributed by atoms with Crippen molar-refractivity contribution in [1.82, 2.24) is 0 Å². The van der Waals surface area contributed by atoms with Crippen molar-refractivity contribution < 1.29 is 14.0 Å². The van der Waals surface area contributed by atoms with Crippen molar-refractivity contribution in [2.75, 3.05) is 0 Å². The predicted molar refractivity (Wildman–Crippen MR) is 82.6 cm³/mol. The Hall–Kier alpha value is -2.14. The average Bonchev–Trinajstić information content (AvgIpc) is 2.62. The monoisotopic (exact) mass is 315 g/mol. The topological polar surface area (TPSA) is 60.2 Å². The zero-order chi connectivity index (χ0) is 15.9. The molecule has 112 valence electrons. The van der Waals surface area contributed by atoms with E-state index < -0.39 is 11.8 Å². The second-order valence-corrected chi connectivity index (χ2v) is 6.42. The van der Waals surface area contributed by atoms with Crippen molar-refractivity contribution in [2.24, 2.45) is 5.73 Å². The number of hydrogen-bond acceptors (Lipinski definition) is 3. The molecule has 3 nitrogen and oxygen atoms in total. The van der Waals surface area contributed by atoms with Gasteiger partial charge in [0.2, 0.25) is 5.91 Å². The first-order valence-electron chi connectivity index (χ1n) is 6.88. The SMILES string of the molecule is CC(C(N)=O)c1ccc2c(c1)C(=O)Cc1cc(F)ccc1S2. The maximum Gasteiger partial charge on any atom is 0.224 e. The number of rotatable bonds is 2. The van der Waals surface area contributed by atoms with Crippen LogP contribution in [0.25, 0.3) is 0 Å². The Balaban J connectivity index is 2.06. The number of benzene rings is 2. The Kier molecular flexibility index (Phi) is 3.74. The van der Waals surface area contributed by atoms with Gasteiger partial charge >= 0.3 is 0 Å². The first-order chi connectivity index (χ1) is 10.5. The van der Waals surface area contributed by atoms with Gasteiger partial charge in [0.15, 0.2) is 5.78 Å². The molecule has 5 heteroatoms. The lowest BCUT2D eigenvalue weighted by Crippen LogP contribution is -2.19. The van der Waals surface area contributed by atoms with Crippen LogP contribution in [0.5, 0.6) is 0 Å². The van der Waals surface area contributed by atoms with Crippen molar-refractivity contribution in [3.8, 4) is 0 Å². The molecule has 2 aromatic carbocycles. The van der Waals surface area contributed by atoms with Gasteiger partial charge in [0.05, 0.1) is 5.92 Å². The first kappa shape index (κ1) is 14.8. The van der Waals surface area contributed by atoms with Crippen molar-refractivity contribution >= 4 is 23.5 Å². The van der Waals surface area contributed by atoms with E-state index in [9.17, 15) is 14.0 Å². The lowest BCUT2D eigenvalue weighted by atomic mass is 9.95. The summed E-state index contributed by atoms with van der Waals surface area (Å²) < 4.78 is 13.4. The highest BCUT2D eigenvalue weighted by Gasteiger charge is 2.22. The molecule has 0 aliphatic carbocycles. The molecule has 1 unspecified atom stereocenters. The normalized spacial score (nSPS) is 14.7. The van der Waals surface area contributed by atoms with Crippen LogP contribution < -0.4 is 5.73 Å². The highest BCUT2D eigenvalue weighted by molar-refractivity contribution is 7.99. The molecule has 0 radical (unpaired) electrons. The molecule has 2 aromatic rings. The molecule has 0 spiro atoms. The van der Waals surface area contributed by atoms with Gasteiger partial charge in [-0.15, -0.1) is 0 Å². The minimum atomic E-state index is -0.453. The van der Waals surface area contributed by atoms with Crippen LogP contribution in [-0.4, -0.2) is 11.7 Å². The largest absolute Gasteiger partial charge is 0.369 e. The number of carbonyl (C=O) groups excluding carboxylic acids is 2. The number of Topliss-reactive ketones (excluding diaryl/α,β-unsaturated/α-hetero) is 1. The van der Waals surface area contributed by atoms with E-state index in [1.807, 2.05) is 12.1 Å². The number of primary amides is 1. The predicted octanol–water partition coefficient (Wildman–Crippen LogP) is 3.30. The molecule has 0 fully saturated rings. The smallest absolute Gasteiger partial charge is 0.224 e. The summed E-state index contributed by atoms with van der Waals surface area (Å²) in [4.78, 5) is 25.5. The fraction of sp³-hybridized carbons (Fsp3) is 0.176. The minimum absolute atomic E-state index is 0.0784. The van der Waals surface area contributed by atoms with Crippen LogP contribution in [-0.2, 0) is 11.2 Å². The maximum atomic E-state index is 13.4. The summed E-state index contributed by atoms with van der Waals surface area (Å²) in [7, 11) is 0. The van der Waals surface area contributed by atoms with E-state index in [4.69, 9.17) is 5.73 Å². The summed E-state index contributed by atoms with van der Waals surface area (Å²) in [6.45, 7) is 1.71. The van der Waals surface area contributed by atoms with E-state index in [1.54, 1.807) is 19.1 Å². The zero-order valence-electron chi connectivity index (χ0n) is 11.9. The molecule has 1 amide bonds. The minimum Gasteiger partial charge on any atom is -0.369 e. The number of fused-ring (bicyclic) bond motifs is 2. The number of amides is 1. The van der Waals surface area contributed by atoms with Crippen molar-refractivity contribution in [3.63, 3.8) is 0 Å². The fourth-order valence-corrected chi connectivity index (χ4v) is 3.51. The summed E-state index contributed by atoms with van der Waals surface area (Å²) in [6, 6.07) is 9.85. The van der Waals surface area contributed by atoms with Crippen molar-refractivity contribution in [3.05, 3.63) is 58.9 Å². The van der Waals surface area contributed by atoms with Crippen LogP contribution >= 0.6 is 11.8 Å². The van der Waals surface area contributed by atoms with Gasteiger partial charge in [-0.2, -0.15) is 0 Å². The van der Waals surface area contributed by atoms with Gasteiger partial charge in [-0.05, 0) is 48.4 Å². The molecule has 22 heavy (non-hydrogen) atoms. The highest BCUT2D eigenvalue weighted by atomic mass is 32.2. The Bertz CT molecular complexity index is 788. The quantitative estimate of drug-likeness (QED) is 0.925. The lowest BCUT2D eigenvalue weighted by molar-refractivity contribution is -0.119. The highest BCUT2D eigenvalue weighted by Crippen LogP contribution is 2.38. The van der Waals surface area contributed by atoms with Crippen LogP contribution in [0, 0.1) is 5.82 Å². The Morgan fingerprint density at radius 3 is 2.68 bits per heavy atom. The third-order valence-electron chi connectivity index (χ3n) is 3.82. The van der Waals surface area contributed by atoms with Crippen LogP contribution in [0.1, 0.15) is 34.3 Å². The molecule has 1 atom stereocenters. The molecular weight excluding hydrogens is 301 g/mol. The molecule has 3 rings (SSSR count). The molecule has 0 saturated heterocycles. The molecular formula is C17H14FNO2S. The lowest BCUT2D eigenvalue weighted by Gasteiger charge is -2.11. The van der Waals surface area contributed by atoms with Crippen LogP contribution in [0.2, 0.25) is 0 Å². The number of hydrogen-bond donors (Lipinski definition) is 1. The molecule has 0 saturated carbocycles. The first-order valence-corrected chi connectivity index (χ1v) is 7.70. The second kappa shape index (κ2) is 5.57. The Labute approximate surface area is 131 Å². The van der Waals surface area contributed by atoms with E-state index in [0.717, 1.165) is 15.4 Å². The van der Waals surface area contributed by atoms with Gasteiger partial charge in [-0.3, -0.25) is 9.59 Å². The van der Waals surface area contributed by atoms with E-state index in [2.05, 4.69) is 0 Å². The molecule has 0 bridgehead atoms. The van der Waals surface area contributed by atoms with Gasteiger partial charge < -0.3 is 5.73 Å². The van der Waals surface area contributed by atoms with Gasteiger partial charge in [0.1, 0.15) is 5.82 Å². The Morgan fingerprint density at radius 1 is 1.23 bits per heavy atom. The second-order valence-electron chi connectivity index (χ2n) is 5.33. The molecule has 1 heterocycles. The summed E-state index contributed by atoms with van der Waals surface area (Å²) >= 11 is 1.44. The third-order valence-corrected chi connectivity index (χ3v) is 5.02. The maximum absolute atomic E-state index is 13.4. The van der Waals surface area contributed by atoms with Gasteiger partial charge in [0.25, 0.3) is 0 Å². The summed E-state index contributed by atoms with van der Waals surface area (Å²) in [6.07, 6.45) is 0.154. The fourth-order valence-electron chi connectivity index (χ4n) is 2.46. The number of halogens is 1. The van der Waals surface area contributed by atoms with Gasteiger partial charge in [-0.25, -0.2) is 4.39 Å². The number of ketones is 1. The van der Waals surface area contributed by atoms with Gasteiger partial charge in [0, 0.05) is 21.8 Å². The molecule has 1 aliphatic rings. The summed E-state index contributed by atoms with van der Waals surface area (Å²) in [5.74, 6) is -1.31. The average molecular weight is 315 g/mol. The van der Waals surface area contributed by atoms with Gasteiger partial charge in [-0.1, -0.05) is 17.8 Å². The molecule has 1 aliphatic heterocycles. The molecule has 0 aromatic heterocycles. The van der Waals surface area contributed by atoms with E-state index in [1.165, 1.54) is 23.9 Å². The number of carbonyl (C=O) groups is 2. The van der Waals surface area contributed by atoms with Crippen LogP contribution in [0.4, 0.5) is 4.39 Å². The Morgan fingerprint density at radius 2 is 1.95 bits per heavy atom. The van der Waals surface area contributed by atoms with E-state index in [-0.39, 0.29) is 18.0 Å². The van der Waals surface area contributed by atoms with Crippen LogP contribution in [0.15, 0.2) is 46.2 Å². The zero-order valence-corrected chi connectivity index (χ0v) is 12.7. The molecule has 2 N–H and O–H groups in total. The summed E-state index contributed by atoms with van der Waals surface area (Å²) in [5.41, 5.74) is 7.30. The standard InChI is InChI=1S/C17H14FNO2S/c1-9(17(19)21)10-2-4-16-13(7-10)14(20)8-11-6-12(18)3-5-15(11)22-16/h2-7,9H,8H2,1H3,(H2,19,21). The van der Waals surface area contributed by atoms with E-state index in [0.29, 0.717) is 11.1 Å². The van der Waals surface area contributed by atoms with E-state index >= 15 is 0 Å². The van der Waals surface area contributed by atoms with Crippen molar-refractivity contribution in [2.45, 2.75) is 29.1 Å².